The number of para-hydroxylation sites is 1. The zero-order valence-electron chi connectivity index (χ0n) is 18.0. The van der Waals surface area contributed by atoms with E-state index < -0.39 is 30.2 Å². The fourth-order valence-electron chi connectivity index (χ4n) is 5.00. The van der Waals surface area contributed by atoms with Gasteiger partial charge in [-0.25, -0.2) is 0 Å². The molecule has 3 aliphatic heterocycles. The SMILES string of the molecule is C[C@@H](N1CC[C@H]2CC[C@@H](C(=O)N[C@@H]3CCOc4ccccc43)N2C(=O)[C@@H](N)C1)C(F)(F)F. The second-order valence-electron chi connectivity index (χ2n) is 8.84. The van der Waals surface area contributed by atoms with E-state index in [0.29, 0.717) is 32.3 Å². The molecule has 32 heavy (non-hydrogen) atoms. The number of ether oxygens (including phenoxy) is 1. The van der Waals surface area contributed by atoms with Gasteiger partial charge in [0.1, 0.15) is 17.8 Å². The van der Waals surface area contributed by atoms with Crippen molar-refractivity contribution < 1.29 is 27.5 Å². The fraction of sp³-hybridized carbons (Fsp3) is 0.636. The number of amides is 2. The summed E-state index contributed by atoms with van der Waals surface area (Å²) in [7, 11) is 0. The van der Waals surface area contributed by atoms with Crippen LogP contribution in [-0.2, 0) is 9.59 Å². The molecule has 3 N–H and O–H groups in total. The van der Waals surface area contributed by atoms with Crippen LogP contribution in [0, 0.1) is 0 Å². The number of halogens is 3. The predicted octanol–water partition coefficient (Wildman–Crippen LogP) is 1.97. The summed E-state index contributed by atoms with van der Waals surface area (Å²) in [5, 5.41) is 3.06. The van der Waals surface area contributed by atoms with Crippen LogP contribution in [-0.4, -0.2) is 71.7 Å². The van der Waals surface area contributed by atoms with Crippen LogP contribution in [0.4, 0.5) is 13.2 Å². The molecule has 3 heterocycles. The number of hydrogen-bond donors (Lipinski definition) is 2. The lowest BCUT2D eigenvalue weighted by Gasteiger charge is -2.40. The van der Waals surface area contributed by atoms with Crippen molar-refractivity contribution in [3.8, 4) is 5.75 Å². The maximum atomic E-state index is 13.2. The van der Waals surface area contributed by atoms with E-state index in [9.17, 15) is 22.8 Å². The van der Waals surface area contributed by atoms with E-state index in [-0.39, 0.29) is 31.1 Å². The van der Waals surface area contributed by atoms with Gasteiger partial charge in [0.25, 0.3) is 0 Å². The number of fused-ring (bicyclic) bond motifs is 2. The van der Waals surface area contributed by atoms with Gasteiger partial charge in [0.15, 0.2) is 0 Å². The zero-order chi connectivity index (χ0) is 23.0. The van der Waals surface area contributed by atoms with Gasteiger partial charge in [-0.3, -0.25) is 14.5 Å². The molecule has 1 aromatic carbocycles. The fourth-order valence-corrected chi connectivity index (χ4v) is 5.00. The van der Waals surface area contributed by atoms with Gasteiger partial charge in [-0.15, -0.1) is 0 Å². The summed E-state index contributed by atoms with van der Waals surface area (Å²) in [6.45, 7) is 1.55. The zero-order valence-corrected chi connectivity index (χ0v) is 18.0. The summed E-state index contributed by atoms with van der Waals surface area (Å²) >= 11 is 0. The summed E-state index contributed by atoms with van der Waals surface area (Å²) < 4.78 is 45.3. The van der Waals surface area contributed by atoms with Gasteiger partial charge in [0.05, 0.1) is 18.7 Å². The molecular weight excluding hydrogens is 425 g/mol. The van der Waals surface area contributed by atoms with Crippen molar-refractivity contribution in [2.24, 2.45) is 5.73 Å². The minimum atomic E-state index is -4.39. The number of benzene rings is 1. The number of alkyl halides is 3. The highest BCUT2D eigenvalue weighted by molar-refractivity contribution is 5.91. The molecule has 176 valence electrons. The quantitative estimate of drug-likeness (QED) is 0.729. The number of hydrogen-bond acceptors (Lipinski definition) is 5. The molecule has 5 atom stereocenters. The minimum absolute atomic E-state index is 0.171. The first-order valence-electron chi connectivity index (χ1n) is 11.1. The highest BCUT2D eigenvalue weighted by Gasteiger charge is 2.47. The van der Waals surface area contributed by atoms with Gasteiger partial charge in [0.2, 0.25) is 11.8 Å². The molecule has 4 rings (SSSR count). The maximum absolute atomic E-state index is 13.2. The lowest BCUT2D eigenvalue weighted by molar-refractivity contribution is -0.182. The van der Waals surface area contributed by atoms with Crippen molar-refractivity contribution in [2.75, 3.05) is 19.7 Å². The van der Waals surface area contributed by atoms with E-state index in [4.69, 9.17) is 10.5 Å². The highest BCUT2D eigenvalue weighted by atomic mass is 19.4. The van der Waals surface area contributed by atoms with Crippen molar-refractivity contribution in [2.45, 2.75) is 69.0 Å². The minimum Gasteiger partial charge on any atom is -0.493 e. The van der Waals surface area contributed by atoms with E-state index in [1.165, 1.54) is 9.80 Å². The van der Waals surface area contributed by atoms with E-state index in [2.05, 4.69) is 5.32 Å². The average Bonchev–Trinajstić information content (AvgIpc) is 3.17. The first-order chi connectivity index (χ1) is 15.2. The van der Waals surface area contributed by atoms with Crippen molar-refractivity contribution in [1.29, 1.82) is 0 Å². The molecule has 3 aliphatic rings. The predicted molar refractivity (Wildman–Crippen MR) is 111 cm³/mol. The second kappa shape index (κ2) is 8.90. The van der Waals surface area contributed by atoms with Crippen LogP contribution in [0.25, 0.3) is 0 Å². The Hall–Kier alpha value is -2.33. The van der Waals surface area contributed by atoms with Crippen molar-refractivity contribution >= 4 is 11.8 Å². The number of carbonyl (C=O) groups is 2. The Bertz CT molecular complexity index is 865. The summed E-state index contributed by atoms with van der Waals surface area (Å²) in [5.41, 5.74) is 6.93. The standard InChI is InChI=1S/C22H29F3N4O3/c1-13(22(23,24)25)28-10-8-14-6-7-18(29(14)21(31)16(26)12-28)20(30)27-17-9-11-32-19-5-3-2-4-15(17)19/h2-5,13-14,16-18H,6-12,26H2,1H3,(H,27,30)/t13-,14-,16+,17-,18+/m1/s1. The third-order valence-electron chi connectivity index (χ3n) is 6.85. The first kappa shape index (κ1) is 22.8. The van der Waals surface area contributed by atoms with Crippen LogP contribution >= 0.6 is 0 Å². The summed E-state index contributed by atoms with van der Waals surface area (Å²) in [4.78, 5) is 29.0. The Morgan fingerprint density at radius 1 is 1.22 bits per heavy atom. The van der Waals surface area contributed by atoms with E-state index in [0.717, 1.165) is 18.2 Å². The Labute approximate surface area is 185 Å². The second-order valence-corrected chi connectivity index (χ2v) is 8.84. The largest absolute Gasteiger partial charge is 0.493 e. The van der Waals surface area contributed by atoms with E-state index in [1.54, 1.807) is 0 Å². The first-order valence-corrected chi connectivity index (χ1v) is 11.1. The molecular formula is C22H29F3N4O3. The Morgan fingerprint density at radius 2 is 1.97 bits per heavy atom. The third-order valence-corrected chi connectivity index (χ3v) is 6.85. The average molecular weight is 454 g/mol. The summed E-state index contributed by atoms with van der Waals surface area (Å²) in [6.07, 6.45) is -2.36. The molecule has 0 unspecified atom stereocenters. The molecule has 2 fully saturated rings. The highest BCUT2D eigenvalue weighted by Crippen LogP contribution is 2.34. The van der Waals surface area contributed by atoms with Gasteiger partial charge >= 0.3 is 6.18 Å². The third kappa shape index (κ3) is 4.43. The lowest BCUT2D eigenvalue weighted by atomic mass is 10.00. The van der Waals surface area contributed by atoms with Crippen molar-refractivity contribution in [3.05, 3.63) is 29.8 Å². The molecule has 10 heteroatoms. The summed E-state index contributed by atoms with van der Waals surface area (Å²) in [5.74, 6) is 0.0199. The van der Waals surface area contributed by atoms with Crippen LogP contribution in [0.3, 0.4) is 0 Å². The number of rotatable bonds is 3. The van der Waals surface area contributed by atoms with Gasteiger partial charge in [0, 0.05) is 31.1 Å². The molecule has 2 amide bonds. The van der Waals surface area contributed by atoms with E-state index in [1.807, 2.05) is 24.3 Å². The summed E-state index contributed by atoms with van der Waals surface area (Å²) in [6, 6.07) is 3.54. The Kier molecular flexibility index (Phi) is 6.35. The van der Waals surface area contributed by atoms with Crippen molar-refractivity contribution in [3.63, 3.8) is 0 Å². The number of carbonyl (C=O) groups excluding carboxylic acids is 2. The molecule has 0 saturated carbocycles. The Balaban J connectivity index is 1.47. The molecule has 2 saturated heterocycles. The van der Waals surface area contributed by atoms with Gasteiger partial charge in [-0.1, -0.05) is 18.2 Å². The van der Waals surface area contributed by atoms with Crippen LogP contribution in [0.15, 0.2) is 24.3 Å². The molecule has 0 aliphatic carbocycles. The number of nitrogens with two attached hydrogens (primary N) is 1. The van der Waals surface area contributed by atoms with Crippen LogP contribution < -0.4 is 15.8 Å². The number of nitrogens with one attached hydrogen (secondary N) is 1. The molecule has 7 nitrogen and oxygen atoms in total. The molecule has 0 radical (unpaired) electrons. The van der Waals surface area contributed by atoms with Crippen LogP contribution in [0.1, 0.15) is 44.2 Å². The maximum Gasteiger partial charge on any atom is 0.403 e. The Morgan fingerprint density at radius 3 is 2.72 bits per heavy atom. The molecule has 0 aromatic heterocycles. The number of nitrogens with zero attached hydrogens (tertiary/aromatic N) is 2. The molecule has 0 bridgehead atoms. The smallest absolute Gasteiger partial charge is 0.403 e. The molecule has 1 aromatic rings. The molecule has 0 spiro atoms. The van der Waals surface area contributed by atoms with Crippen molar-refractivity contribution in [1.82, 2.24) is 15.1 Å². The topological polar surface area (TPSA) is 87.9 Å². The van der Waals surface area contributed by atoms with E-state index >= 15 is 0 Å². The monoisotopic (exact) mass is 454 g/mol. The van der Waals surface area contributed by atoms with Gasteiger partial charge in [-0.05, 0) is 32.3 Å². The van der Waals surface area contributed by atoms with Gasteiger partial charge < -0.3 is 20.7 Å². The van der Waals surface area contributed by atoms with Crippen LogP contribution in [0.2, 0.25) is 0 Å². The van der Waals surface area contributed by atoms with Crippen LogP contribution in [0.5, 0.6) is 5.75 Å². The van der Waals surface area contributed by atoms with Gasteiger partial charge in [-0.2, -0.15) is 13.2 Å². The normalized spacial score (nSPS) is 29.9. The lowest BCUT2D eigenvalue weighted by Crippen LogP contribution is -2.60.